The number of hydrogen-bond acceptors (Lipinski definition) is 5. The van der Waals surface area contributed by atoms with E-state index in [4.69, 9.17) is 4.74 Å². The van der Waals surface area contributed by atoms with E-state index in [0.29, 0.717) is 11.3 Å². The van der Waals surface area contributed by atoms with E-state index in [1.807, 2.05) is 48.5 Å². The summed E-state index contributed by atoms with van der Waals surface area (Å²) in [6, 6.07) is 21.8. The Morgan fingerprint density at radius 2 is 1.69 bits per heavy atom. The highest BCUT2D eigenvalue weighted by molar-refractivity contribution is 6.07. The van der Waals surface area contributed by atoms with E-state index in [1.54, 1.807) is 31.2 Å². The molecule has 0 aliphatic carbocycles. The molecule has 0 aromatic heterocycles. The Labute approximate surface area is 168 Å². The zero-order valence-electron chi connectivity index (χ0n) is 15.8. The smallest absolute Gasteiger partial charge is 0.338 e. The highest BCUT2D eigenvalue weighted by Crippen LogP contribution is 2.19. The first-order valence-electron chi connectivity index (χ1n) is 9.05. The van der Waals surface area contributed by atoms with Crippen molar-refractivity contribution in [1.82, 2.24) is 0 Å². The van der Waals surface area contributed by atoms with Gasteiger partial charge in [-0.1, -0.05) is 30.3 Å². The molecule has 144 valence electrons. The van der Waals surface area contributed by atoms with Crippen molar-refractivity contribution in [2.24, 2.45) is 0 Å². The second kappa shape index (κ2) is 9.20. The third-order valence-electron chi connectivity index (χ3n) is 4.15. The number of ether oxygens (including phenoxy) is 1. The zero-order valence-corrected chi connectivity index (χ0v) is 15.8. The Kier molecular flexibility index (Phi) is 6.23. The van der Waals surface area contributed by atoms with E-state index in [1.165, 1.54) is 6.20 Å². The van der Waals surface area contributed by atoms with Crippen LogP contribution in [0.4, 0.5) is 11.4 Å². The van der Waals surface area contributed by atoms with E-state index in [9.17, 15) is 14.9 Å². The van der Waals surface area contributed by atoms with Gasteiger partial charge in [-0.15, -0.1) is 0 Å². The second-order valence-electron chi connectivity index (χ2n) is 6.13. The number of esters is 1. The van der Waals surface area contributed by atoms with Gasteiger partial charge in [-0.3, -0.25) is 4.79 Å². The Hall–Kier alpha value is -4.11. The van der Waals surface area contributed by atoms with Crippen molar-refractivity contribution in [3.63, 3.8) is 0 Å². The summed E-state index contributed by atoms with van der Waals surface area (Å²) in [6.45, 7) is 2.02. The Morgan fingerprint density at radius 3 is 2.38 bits per heavy atom. The van der Waals surface area contributed by atoms with Crippen LogP contribution in [-0.2, 0) is 9.53 Å². The molecule has 3 aromatic rings. The Balaban J connectivity index is 1.67. The molecule has 0 atom stereocenters. The van der Waals surface area contributed by atoms with Crippen molar-refractivity contribution >= 4 is 34.0 Å². The van der Waals surface area contributed by atoms with Crippen LogP contribution >= 0.6 is 0 Å². The molecule has 3 aromatic carbocycles. The van der Waals surface area contributed by atoms with Gasteiger partial charge in [-0.05, 0) is 54.1 Å². The van der Waals surface area contributed by atoms with Gasteiger partial charge in [0, 0.05) is 17.6 Å². The van der Waals surface area contributed by atoms with Gasteiger partial charge in [0.25, 0.3) is 5.91 Å². The minimum Gasteiger partial charge on any atom is -0.462 e. The summed E-state index contributed by atoms with van der Waals surface area (Å²) in [5.41, 5.74) is 1.55. The average Bonchev–Trinajstić information content (AvgIpc) is 2.74. The molecule has 1 amide bonds. The SMILES string of the molecule is CCOC(=O)c1ccc(NC(=O)/C(C#N)=C\Nc2ccc3ccccc3c2)cc1. The Morgan fingerprint density at radius 1 is 1.00 bits per heavy atom. The molecular formula is C23H19N3O3. The molecular weight excluding hydrogens is 366 g/mol. The first-order chi connectivity index (χ1) is 14.1. The van der Waals surface area contributed by atoms with Gasteiger partial charge < -0.3 is 15.4 Å². The topological polar surface area (TPSA) is 91.2 Å². The van der Waals surface area contributed by atoms with Crippen molar-refractivity contribution in [2.45, 2.75) is 6.92 Å². The summed E-state index contributed by atoms with van der Waals surface area (Å²) >= 11 is 0. The van der Waals surface area contributed by atoms with Gasteiger partial charge in [0.15, 0.2) is 0 Å². The highest BCUT2D eigenvalue weighted by Gasteiger charge is 2.11. The molecule has 0 bridgehead atoms. The first kappa shape index (κ1) is 19.6. The monoisotopic (exact) mass is 385 g/mol. The number of nitrogens with zero attached hydrogens (tertiary/aromatic N) is 1. The van der Waals surface area contributed by atoms with Crippen LogP contribution < -0.4 is 10.6 Å². The van der Waals surface area contributed by atoms with Crippen LogP contribution in [0.15, 0.2) is 78.5 Å². The van der Waals surface area contributed by atoms with E-state index >= 15 is 0 Å². The molecule has 29 heavy (non-hydrogen) atoms. The molecule has 0 saturated heterocycles. The predicted molar refractivity (Wildman–Crippen MR) is 112 cm³/mol. The number of nitriles is 1. The van der Waals surface area contributed by atoms with Crippen molar-refractivity contribution < 1.29 is 14.3 Å². The summed E-state index contributed by atoms with van der Waals surface area (Å²) in [6.07, 6.45) is 1.37. The number of amides is 1. The number of anilines is 2. The summed E-state index contributed by atoms with van der Waals surface area (Å²) < 4.78 is 4.92. The fourth-order valence-corrected chi connectivity index (χ4v) is 2.69. The number of carbonyl (C=O) groups is 2. The van der Waals surface area contributed by atoms with Crippen molar-refractivity contribution in [3.05, 3.63) is 84.1 Å². The van der Waals surface area contributed by atoms with Crippen LogP contribution in [0.25, 0.3) is 10.8 Å². The summed E-state index contributed by atoms with van der Waals surface area (Å²) in [5, 5.41) is 17.1. The van der Waals surface area contributed by atoms with E-state index in [-0.39, 0.29) is 12.2 Å². The van der Waals surface area contributed by atoms with Gasteiger partial charge >= 0.3 is 5.97 Å². The maximum atomic E-state index is 12.4. The largest absolute Gasteiger partial charge is 0.462 e. The molecule has 0 heterocycles. The maximum Gasteiger partial charge on any atom is 0.338 e. The number of carbonyl (C=O) groups excluding carboxylic acids is 2. The molecule has 0 radical (unpaired) electrons. The fourth-order valence-electron chi connectivity index (χ4n) is 2.69. The Bertz CT molecular complexity index is 1110. The molecule has 0 saturated carbocycles. The fraction of sp³-hybridized carbons (Fsp3) is 0.0870. The molecule has 3 rings (SSSR count). The quantitative estimate of drug-likeness (QED) is 0.371. The van der Waals surface area contributed by atoms with Gasteiger partial charge in [-0.25, -0.2) is 4.79 Å². The van der Waals surface area contributed by atoms with Crippen LogP contribution in [0.5, 0.6) is 0 Å². The minimum atomic E-state index is -0.551. The van der Waals surface area contributed by atoms with Crippen LogP contribution in [-0.4, -0.2) is 18.5 Å². The number of nitrogens with one attached hydrogen (secondary N) is 2. The average molecular weight is 385 g/mol. The maximum absolute atomic E-state index is 12.4. The van der Waals surface area contributed by atoms with E-state index in [2.05, 4.69) is 10.6 Å². The van der Waals surface area contributed by atoms with Crippen LogP contribution in [0, 0.1) is 11.3 Å². The van der Waals surface area contributed by atoms with Crippen molar-refractivity contribution in [3.8, 4) is 6.07 Å². The van der Waals surface area contributed by atoms with Crippen LogP contribution in [0.3, 0.4) is 0 Å². The molecule has 6 heteroatoms. The lowest BCUT2D eigenvalue weighted by Gasteiger charge is -2.07. The summed E-state index contributed by atoms with van der Waals surface area (Å²) in [5.74, 6) is -0.979. The molecule has 0 aliphatic rings. The predicted octanol–water partition coefficient (Wildman–Crippen LogP) is 4.47. The van der Waals surface area contributed by atoms with E-state index in [0.717, 1.165) is 16.5 Å². The summed E-state index contributed by atoms with van der Waals surface area (Å²) in [4.78, 5) is 24.0. The van der Waals surface area contributed by atoms with E-state index < -0.39 is 11.9 Å². The lowest BCUT2D eigenvalue weighted by Crippen LogP contribution is -2.14. The molecule has 6 nitrogen and oxygen atoms in total. The molecule has 0 spiro atoms. The number of fused-ring (bicyclic) bond motifs is 1. The third kappa shape index (κ3) is 4.99. The number of benzene rings is 3. The first-order valence-corrected chi connectivity index (χ1v) is 9.05. The van der Waals surface area contributed by atoms with Gasteiger partial charge in [-0.2, -0.15) is 5.26 Å². The van der Waals surface area contributed by atoms with Crippen LogP contribution in [0.1, 0.15) is 17.3 Å². The third-order valence-corrected chi connectivity index (χ3v) is 4.15. The molecule has 0 fully saturated rings. The highest BCUT2D eigenvalue weighted by atomic mass is 16.5. The number of hydrogen-bond donors (Lipinski definition) is 2. The van der Waals surface area contributed by atoms with Crippen LogP contribution in [0.2, 0.25) is 0 Å². The standard InChI is InChI=1S/C23H19N3O3/c1-2-29-23(28)17-8-10-20(11-9-17)26-22(27)19(14-24)15-25-21-12-7-16-5-3-4-6-18(16)13-21/h3-13,15,25H,2H2,1H3,(H,26,27)/b19-15-. The lowest BCUT2D eigenvalue weighted by molar-refractivity contribution is -0.112. The number of rotatable bonds is 6. The lowest BCUT2D eigenvalue weighted by atomic mass is 10.1. The zero-order chi connectivity index (χ0) is 20.6. The van der Waals surface area contributed by atoms with Crippen molar-refractivity contribution in [2.75, 3.05) is 17.2 Å². The molecule has 0 unspecified atom stereocenters. The van der Waals surface area contributed by atoms with Gasteiger partial charge in [0.2, 0.25) is 0 Å². The van der Waals surface area contributed by atoms with Gasteiger partial charge in [0.05, 0.1) is 12.2 Å². The minimum absolute atomic E-state index is 0.0763. The normalized spacial score (nSPS) is 10.8. The molecule has 2 N–H and O–H groups in total. The van der Waals surface area contributed by atoms with Crippen molar-refractivity contribution in [1.29, 1.82) is 5.26 Å². The second-order valence-corrected chi connectivity index (χ2v) is 6.13. The summed E-state index contributed by atoms with van der Waals surface area (Å²) in [7, 11) is 0. The molecule has 0 aliphatic heterocycles. The van der Waals surface area contributed by atoms with Gasteiger partial charge in [0.1, 0.15) is 11.6 Å².